The Bertz CT molecular complexity index is 881. The zero-order chi connectivity index (χ0) is 18.6. The summed E-state index contributed by atoms with van der Waals surface area (Å²) >= 11 is 0. The Morgan fingerprint density at radius 3 is 2.48 bits per heavy atom. The number of para-hydroxylation sites is 1. The van der Waals surface area contributed by atoms with Crippen LogP contribution in [0.3, 0.4) is 0 Å². The van der Waals surface area contributed by atoms with Gasteiger partial charge in [0.25, 0.3) is 0 Å². The van der Waals surface area contributed by atoms with Gasteiger partial charge in [0, 0.05) is 30.7 Å². The molecule has 0 radical (unpaired) electrons. The first-order valence-electron chi connectivity index (χ1n) is 8.04. The smallest absolute Gasteiger partial charge is 0.344 e. The third-order valence-corrected chi connectivity index (χ3v) is 5.61. The number of rotatable bonds is 6. The molecule has 0 aliphatic heterocycles. The SMILES string of the molecule is CCOC(=O)/C(=C/c1cn(C(C)=O)c2ccccc12)[P@](C)(=O)OCC. The average molecular weight is 363 g/mol. The van der Waals surface area contributed by atoms with Gasteiger partial charge in [-0.25, -0.2) is 4.79 Å². The van der Waals surface area contributed by atoms with Crippen molar-refractivity contribution in [3.63, 3.8) is 0 Å². The van der Waals surface area contributed by atoms with Crippen molar-refractivity contribution in [1.82, 2.24) is 4.57 Å². The largest absolute Gasteiger partial charge is 0.462 e. The molecule has 25 heavy (non-hydrogen) atoms. The van der Waals surface area contributed by atoms with E-state index in [2.05, 4.69) is 0 Å². The van der Waals surface area contributed by atoms with Crippen molar-refractivity contribution in [2.75, 3.05) is 19.9 Å². The van der Waals surface area contributed by atoms with Gasteiger partial charge >= 0.3 is 5.97 Å². The number of hydrogen-bond donors (Lipinski definition) is 0. The summed E-state index contributed by atoms with van der Waals surface area (Å²) in [5.74, 6) is -0.834. The van der Waals surface area contributed by atoms with Gasteiger partial charge in [-0.15, -0.1) is 0 Å². The summed E-state index contributed by atoms with van der Waals surface area (Å²) in [6, 6.07) is 7.31. The van der Waals surface area contributed by atoms with Crippen molar-refractivity contribution >= 4 is 36.2 Å². The maximum Gasteiger partial charge on any atom is 0.344 e. The first-order chi connectivity index (χ1) is 11.8. The predicted octanol–water partition coefficient (Wildman–Crippen LogP) is 4.15. The quantitative estimate of drug-likeness (QED) is 0.438. The second-order valence-electron chi connectivity index (χ2n) is 5.50. The third kappa shape index (κ3) is 4.09. The first kappa shape index (κ1) is 19.2. The number of benzene rings is 1. The molecule has 2 aromatic rings. The number of fused-ring (bicyclic) bond motifs is 1. The Hall–Kier alpha value is -2.17. The number of esters is 1. The number of ether oxygens (including phenoxy) is 1. The molecular formula is C18H22NO5P. The zero-order valence-electron chi connectivity index (χ0n) is 14.8. The summed E-state index contributed by atoms with van der Waals surface area (Å²) in [5.41, 5.74) is 1.32. The molecule has 2 rings (SSSR count). The highest BCUT2D eigenvalue weighted by Gasteiger charge is 2.30. The van der Waals surface area contributed by atoms with Crippen LogP contribution in [0.15, 0.2) is 35.8 Å². The lowest BCUT2D eigenvalue weighted by molar-refractivity contribution is -0.137. The van der Waals surface area contributed by atoms with Crippen LogP contribution in [-0.2, 0) is 18.6 Å². The minimum absolute atomic E-state index is 0.0253. The van der Waals surface area contributed by atoms with Crippen LogP contribution in [0.1, 0.15) is 31.1 Å². The fourth-order valence-corrected chi connectivity index (χ4v) is 3.99. The van der Waals surface area contributed by atoms with Crippen LogP contribution in [0, 0.1) is 0 Å². The monoisotopic (exact) mass is 363 g/mol. The molecule has 0 unspecified atom stereocenters. The Morgan fingerprint density at radius 2 is 1.88 bits per heavy atom. The fraction of sp³-hybridized carbons (Fsp3) is 0.333. The number of carbonyl (C=O) groups excluding carboxylic acids is 2. The molecule has 0 amide bonds. The van der Waals surface area contributed by atoms with E-state index in [1.165, 1.54) is 24.2 Å². The second-order valence-corrected chi connectivity index (χ2v) is 7.94. The lowest BCUT2D eigenvalue weighted by atomic mass is 10.1. The molecule has 0 saturated carbocycles. The minimum Gasteiger partial charge on any atom is -0.462 e. The minimum atomic E-state index is -3.35. The van der Waals surface area contributed by atoms with Crippen molar-refractivity contribution in [2.45, 2.75) is 20.8 Å². The Kier molecular flexibility index (Phi) is 5.98. The van der Waals surface area contributed by atoms with E-state index >= 15 is 0 Å². The molecule has 1 atom stereocenters. The van der Waals surface area contributed by atoms with Crippen molar-refractivity contribution in [2.24, 2.45) is 0 Å². The Morgan fingerprint density at radius 1 is 1.20 bits per heavy atom. The maximum absolute atomic E-state index is 12.8. The third-order valence-electron chi connectivity index (χ3n) is 3.67. The molecule has 1 aromatic heterocycles. The highest BCUT2D eigenvalue weighted by atomic mass is 31.2. The van der Waals surface area contributed by atoms with Gasteiger partial charge in [-0.2, -0.15) is 0 Å². The molecule has 0 bridgehead atoms. The van der Waals surface area contributed by atoms with Crippen molar-refractivity contribution in [3.8, 4) is 0 Å². The van der Waals surface area contributed by atoms with Crippen LogP contribution < -0.4 is 0 Å². The molecule has 134 valence electrons. The van der Waals surface area contributed by atoms with Gasteiger partial charge < -0.3 is 9.26 Å². The Balaban J connectivity index is 2.68. The van der Waals surface area contributed by atoms with E-state index in [-0.39, 0.29) is 24.4 Å². The lowest BCUT2D eigenvalue weighted by Crippen LogP contribution is -2.09. The van der Waals surface area contributed by atoms with Crippen LogP contribution >= 0.6 is 7.37 Å². The van der Waals surface area contributed by atoms with Gasteiger partial charge in [0.2, 0.25) is 13.3 Å². The van der Waals surface area contributed by atoms with E-state index in [9.17, 15) is 14.2 Å². The summed E-state index contributed by atoms with van der Waals surface area (Å²) in [7, 11) is -3.35. The highest BCUT2D eigenvalue weighted by Crippen LogP contribution is 2.52. The van der Waals surface area contributed by atoms with Gasteiger partial charge in [0.15, 0.2) is 0 Å². The molecule has 7 heteroatoms. The van der Waals surface area contributed by atoms with Crippen molar-refractivity contribution in [3.05, 3.63) is 41.3 Å². The van der Waals surface area contributed by atoms with Crippen molar-refractivity contribution in [1.29, 1.82) is 0 Å². The molecule has 0 saturated heterocycles. The predicted molar refractivity (Wildman–Crippen MR) is 98.0 cm³/mol. The molecule has 0 fully saturated rings. The molecule has 1 aromatic carbocycles. The van der Waals surface area contributed by atoms with Gasteiger partial charge in [-0.05, 0) is 26.0 Å². The summed E-state index contributed by atoms with van der Waals surface area (Å²) in [4.78, 5) is 24.2. The summed E-state index contributed by atoms with van der Waals surface area (Å²) in [6.07, 6.45) is 3.12. The zero-order valence-corrected chi connectivity index (χ0v) is 15.7. The van der Waals surface area contributed by atoms with E-state index < -0.39 is 13.3 Å². The van der Waals surface area contributed by atoms with Gasteiger partial charge in [-0.1, -0.05) is 18.2 Å². The highest BCUT2D eigenvalue weighted by molar-refractivity contribution is 7.64. The molecule has 0 aliphatic rings. The van der Waals surface area contributed by atoms with Gasteiger partial charge in [-0.3, -0.25) is 13.9 Å². The maximum atomic E-state index is 12.8. The van der Waals surface area contributed by atoms with E-state index in [0.717, 1.165) is 5.39 Å². The molecule has 0 N–H and O–H groups in total. The lowest BCUT2D eigenvalue weighted by Gasteiger charge is -2.15. The molecule has 0 aliphatic carbocycles. The van der Waals surface area contributed by atoms with E-state index in [1.807, 2.05) is 24.3 Å². The number of hydrogen-bond acceptors (Lipinski definition) is 5. The molecule has 6 nitrogen and oxygen atoms in total. The summed E-state index contributed by atoms with van der Waals surface area (Å²) in [6.45, 7) is 6.61. The number of aromatic nitrogens is 1. The van der Waals surface area contributed by atoms with Crippen LogP contribution in [0.25, 0.3) is 17.0 Å². The van der Waals surface area contributed by atoms with Gasteiger partial charge in [0.05, 0.1) is 18.7 Å². The summed E-state index contributed by atoms with van der Waals surface area (Å²) < 4.78 is 24.7. The normalized spacial score (nSPS) is 14.3. The fourth-order valence-electron chi connectivity index (χ4n) is 2.59. The van der Waals surface area contributed by atoms with E-state index in [1.54, 1.807) is 20.0 Å². The van der Waals surface area contributed by atoms with E-state index in [0.29, 0.717) is 11.1 Å². The Labute approximate surface area is 146 Å². The van der Waals surface area contributed by atoms with Crippen LogP contribution in [0.2, 0.25) is 0 Å². The average Bonchev–Trinajstić information content (AvgIpc) is 2.91. The van der Waals surface area contributed by atoms with Crippen LogP contribution in [0.5, 0.6) is 0 Å². The summed E-state index contributed by atoms with van der Waals surface area (Å²) in [5, 5.41) is 0.749. The molecular weight excluding hydrogens is 341 g/mol. The van der Waals surface area contributed by atoms with Crippen LogP contribution in [0.4, 0.5) is 0 Å². The van der Waals surface area contributed by atoms with Crippen molar-refractivity contribution < 1.29 is 23.4 Å². The van der Waals surface area contributed by atoms with Crippen LogP contribution in [-0.4, -0.2) is 36.3 Å². The first-order valence-corrected chi connectivity index (χ1v) is 10.1. The standard InChI is InChI=1S/C18H22NO5P/c1-5-23-18(21)17(25(4,22)24-6-2)11-14-12-19(13(3)20)16-10-8-7-9-15(14)16/h7-12H,5-6H2,1-4H3/b17-11-/t25-/m1/s1. The van der Waals surface area contributed by atoms with E-state index in [4.69, 9.17) is 9.26 Å². The molecule has 0 spiro atoms. The second kappa shape index (κ2) is 7.81. The number of nitrogens with zero attached hydrogens (tertiary/aromatic N) is 1. The molecule has 1 heterocycles. The van der Waals surface area contributed by atoms with Gasteiger partial charge in [0.1, 0.15) is 5.31 Å². The topological polar surface area (TPSA) is 74.6 Å². The number of carbonyl (C=O) groups is 2.